The topological polar surface area (TPSA) is 52.1 Å². The highest BCUT2D eigenvalue weighted by Gasteiger charge is 2.19. The van der Waals surface area contributed by atoms with Crippen LogP contribution in [0.4, 0.5) is 0 Å². The van der Waals surface area contributed by atoms with Crippen LogP contribution in [0.15, 0.2) is 227 Å². The van der Waals surface area contributed by atoms with Gasteiger partial charge in [0.1, 0.15) is 22.3 Å². The number of furan rings is 2. The molecule has 0 fully saturated rings. The zero-order valence-electron chi connectivity index (χ0n) is 33.5. The molecule has 0 atom stereocenters. The molecule has 9 aromatic carbocycles. The Bertz CT molecular complexity index is 3550. The predicted molar refractivity (Wildman–Crippen MR) is 255 cm³/mol. The number of nitrogens with zero attached hydrogens (tertiary/aromatic N) is 2. The lowest BCUT2D eigenvalue weighted by Crippen LogP contribution is -1.96. The van der Waals surface area contributed by atoms with Gasteiger partial charge in [-0.1, -0.05) is 164 Å². The van der Waals surface area contributed by atoms with Gasteiger partial charge in [-0.25, -0.2) is 9.97 Å². The van der Waals surface area contributed by atoms with E-state index in [1.54, 1.807) is 0 Å². The Kier molecular flexibility index (Phi) is 8.46. The average molecular weight is 793 g/mol. The van der Waals surface area contributed by atoms with Crippen LogP contribution < -0.4 is 0 Å². The van der Waals surface area contributed by atoms with Crippen molar-refractivity contribution in [1.82, 2.24) is 9.97 Å². The highest BCUT2D eigenvalue weighted by Crippen LogP contribution is 2.43. The van der Waals surface area contributed by atoms with E-state index in [1.165, 1.54) is 0 Å². The van der Waals surface area contributed by atoms with Gasteiger partial charge in [-0.2, -0.15) is 0 Å². The molecule has 0 unspecified atom stereocenters. The van der Waals surface area contributed by atoms with Crippen molar-refractivity contribution in [3.05, 3.63) is 218 Å². The van der Waals surface area contributed by atoms with Gasteiger partial charge in [0, 0.05) is 43.8 Å². The normalized spacial score (nSPS) is 11.5. The van der Waals surface area contributed by atoms with Gasteiger partial charge in [-0.15, -0.1) is 0 Å². The lowest BCUT2D eigenvalue weighted by molar-refractivity contribution is 0.668. The van der Waals surface area contributed by atoms with E-state index in [0.717, 1.165) is 116 Å². The highest BCUT2D eigenvalue weighted by atomic mass is 16.3. The molecule has 0 spiro atoms. The third-order valence-corrected chi connectivity index (χ3v) is 11.9. The third kappa shape index (κ3) is 6.25. The van der Waals surface area contributed by atoms with Gasteiger partial charge < -0.3 is 8.83 Å². The molecule has 12 aromatic rings. The minimum atomic E-state index is 0.675. The summed E-state index contributed by atoms with van der Waals surface area (Å²) in [5.41, 5.74) is 17.0. The second-order valence-corrected chi connectivity index (χ2v) is 15.7. The van der Waals surface area contributed by atoms with Crippen molar-refractivity contribution in [2.45, 2.75) is 0 Å². The second kappa shape index (κ2) is 14.7. The Morgan fingerprint density at radius 3 is 1.45 bits per heavy atom. The van der Waals surface area contributed by atoms with Gasteiger partial charge in [-0.3, -0.25) is 0 Å². The fourth-order valence-corrected chi connectivity index (χ4v) is 8.84. The zero-order valence-corrected chi connectivity index (χ0v) is 33.5. The van der Waals surface area contributed by atoms with Crippen molar-refractivity contribution >= 4 is 43.9 Å². The minimum Gasteiger partial charge on any atom is -0.456 e. The zero-order chi connectivity index (χ0) is 41.0. The van der Waals surface area contributed by atoms with Crippen LogP contribution in [0.25, 0.3) is 122 Å². The summed E-state index contributed by atoms with van der Waals surface area (Å²) < 4.78 is 13.0. The summed E-state index contributed by atoms with van der Waals surface area (Å²) in [6, 6.07) is 76.2. The maximum atomic E-state index is 6.72. The van der Waals surface area contributed by atoms with Crippen LogP contribution >= 0.6 is 0 Å². The number of fused-ring (bicyclic) bond motifs is 6. The molecule has 62 heavy (non-hydrogen) atoms. The number of rotatable bonds is 7. The summed E-state index contributed by atoms with van der Waals surface area (Å²) in [6.07, 6.45) is 0. The summed E-state index contributed by atoms with van der Waals surface area (Å²) in [6.45, 7) is 0. The van der Waals surface area contributed by atoms with Crippen LogP contribution in [0.3, 0.4) is 0 Å². The van der Waals surface area contributed by atoms with E-state index >= 15 is 0 Å². The van der Waals surface area contributed by atoms with Gasteiger partial charge in [-0.05, 0) is 93.5 Å². The summed E-state index contributed by atoms with van der Waals surface area (Å²) in [7, 11) is 0. The van der Waals surface area contributed by atoms with Crippen LogP contribution in [0.2, 0.25) is 0 Å². The van der Waals surface area contributed by atoms with Gasteiger partial charge in [0.15, 0.2) is 5.82 Å². The summed E-state index contributed by atoms with van der Waals surface area (Å²) in [5.74, 6) is 0.675. The first-order valence-electron chi connectivity index (χ1n) is 20.9. The molecular formula is C58H36N2O2. The molecule has 290 valence electrons. The molecule has 0 aliphatic rings. The van der Waals surface area contributed by atoms with E-state index in [0.29, 0.717) is 5.82 Å². The van der Waals surface area contributed by atoms with Crippen molar-refractivity contribution < 1.29 is 8.83 Å². The number of benzene rings is 9. The number of aromatic nitrogens is 2. The first kappa shape index (κ1) is 35.6. The van der Waals surface area contributed by atoms with Gasteiger partial charge >= 0.3 is 0 Å². The van der Waals surface area contributed by atoms with E-state index in [4.69, 9.17) is 18.8 Å². The van der Waals surface area contributed by atoms with Crippen LogP contribution in [0.5, 0.6) is 0 Å². The first-order chi connectivity index (χ1) is 30.7. The third-order valence-electron chi connectivity index (χ3n) is 11.9. The molecule has 0 N–H and O–H groups in total. The molecule has 0 bridgehead atoms. The summed E-state index contributed by atoms with van der Waals surface area (Å²) in [4.78, 5) is 10.4. The molecule has 0 aliphatic carbocycles. The largest absolute Gasteiger partial charge is 0.456 e. The van der Waals surface area contributed by atoms with Crippen molar-refractivity contribution in [1.29, 1.82) is 0 Å². The van der Waals surface area contributed by atoms with E-state index < -0.39 is 0 Å². The lowest BCUT2D eigenvalue weighted by atomic mass is 9.93. The highest BCUT2D eigenvalue weighted by molar-refractivity contribution is 6.17. The fraction of sp³-hybridized carbons (Fsp3) is 0. The fourth-order valence-electron chi connectivity index (χ4n) is 8.84. The van der Waals surface area contributed by atoms with Crippen LogP contribution in [-0.4, -0.2) is 9.97 Å². The minimum absolute atomic E-state index is 0.675. The van der Waals surface area contributed by atoms with E-state index in [1.807, 2.05) is 42.5 Å². The van der Waals surface area contributed by atoms with Gasteiger partial charge in [0.05, 0.1) is 11.4 Å². The van der Waals surface area contributed by atoms with Gasteiger partial charge in [0.2, 0.25) is 0 Å². The molecule has 0 amide bonds. The van der Waals surface area contributed by atoms with Gasteiger partial charge in [0.25, 0.3) is 0 Å². The van der Waals surface area contributed by atoms with E-state index in [9.17, 15) is 0 Å². The standard InChI is InChI=1S/C58H36N2O2/c1-4-14-37(15-5-1)43-32-44(38-16-6-2-7-17-38)34-45(33-43)52-36-51(59-58(60-52)41-18-8-3-9-19-41)40-26-24-39(25-27-40)47-31-30-46(56-50-21-11-13-23-54(50)62-57(47)56)42-28-29-49-48-20-10-12-22-53(48)61-55(49)35-42/h1-36H. The van der Waals surface area contributed by atoms with Crippen LogP contribution in [0.1, 0.15) is 0 Å². The molecule has 0 saturated heterocycles. The maximum absolute atomic E-state index is 6.72. The smallest absolute Gasteiger partial charge is 0.160 e. The van der Waals surface area contributed by atoms with Crippen molar-refractivity contribution in [3.8, 4) is 78.4 Å². The average Bonchev–Trinajstić information content (AvgIpc) is 3.93. The predicted octanol–water partition coefficient (Wildman–Crippen LogP) is 15.9. The second-order valence-electron chi connectivity index (χ2n) is 15.7. The molecule has 3 heterocycles. The number of para-hydroxylation sites is 2. The van der Waals surface area contributed by atoms with Crippen LogP contribution in [0, 0.1) is 0 Å². The Morgan fingerprint density at radius 2 is 0.774 bits per heavy atom. The van der Waals surface area contributed by atoms with E-state index in [-0.39, 0.29) is 0 Å². The molecule has 4 heteroatoms. The Labute approximate surface area is 358 Å². The molecule has 0 radical (unpaired) electrons. The molecule has 0 saturated carbocycles. The molecular weight excluding hydrogens is 757 g/mol. The number of hydrogen-bond acceptors (Lipinski definition) is 4. The van der Waals surface area contributed by atoms with Crippen molar-refractivity contribution in [2.24, 2.45) is 0 Å². The lowest BCUT2D eigenvalue weighted by Gasteiger charge is -2.13. The molecule has 0 aliphatic heterocycles. The Hall–Kier alpha value is -8.34. The molecule has 12 rings (SSSR count). The summed E-state index contributed by atoms with van der Waals surface area (Å²) in [5, 5.41) is 4.39. The maximum Gasteiger partial charge on any atom is 0.160 e. The first-order valence-corrected chi connectivity index (χ1v) is 20.9. The van der Waals surface area contributed by atoms with Crippen molar-refractivity contribution in [3.63, 3.8) is 0 Å². The van der Waals surface area contributed by atoms with Crippen molar-refractivity contribution in [2.75, 3.05) is 0 Å². The Balaban J connectivity index is 0.976. The van der Waals surface area contributed by atoms with E-state index in [2.05, 4.69) is 176 Å². The molecule has 3 aromatic heterocycles. The SMILES string of the molecule is c1ccc(-c2cc(-c3ccccc3)cc(-c3cc(-c4ccc(-c5ccc(-c6ccc7c(c6)oc6ccccc67)c6c5oc5ccccc56)cc4)nc(-c4ccccc4)n3)c2)cc1. The monoisotopic (exact) mass is 792 g/mol. The Morgan fingerprint density at radius 1 is 0.274 bits per heavy atom. The summed E-state index contributed by atoms with van der Waals surface area (Å²) >= 11 is 0. The molecule has 4 nitrogen and oxygen atoms in total. The van der Waals surface area contributed by atoms with Crippen LogP contribution in [-0.2, 0) is 0 Å². The quantitative estimate of drug-likeness (QED) is 0.161. The number of hydrogen-bond donors (Lipinski definition) is 0.